The molecule has 0 unspecified atom stereocenters. The highest BCUT2D eigenvalue weighted by Crippen LogP contribution is 2.24. The van der Waals surface area contributed by atoms with Gasteiger partial charge in [0.1, 0.15) is 11.6 Å². The van der Waals surface area contributed by atoms with Crippen molar-refractivity contribution in [2.45, 2.75) is 30.2 Å². The van der Waals surface area contributed by atoms with E-state index in [2.05, 4.69) is 16.9 Å². The number of ether oxygens (including phenoxy) is 1. The third-order valence-electron chi connectivity index (χ3n) is 6.51. The fourth-order valence-corrected chi connectivity index (χ4v) is 5.84. The molecular formula is C24H30N4O4S. The van der Waals surface area contributed by atoms with Crippen LogP contribution in [0, 0.1) is 0 Å². The Hall–Kier alpha value is -2.75. The quantitative estimate of drug-likeness (QED) is 0.527. The van der Waals surface area contributed by atoms with Gasteiger partial charge in [0.15, 0.2) is 0 Å². The first-order valence-electron chi connectivity index (χ1n) is 11.1. The van der Waals surface area contributed by atoms with Gasteiger partial charge >= 0.3 is 0 Å². The predicted molar refractivity (Wildman–Crippen MR) is 128 cm³/mol. The number of hydrogen-bond acceptors (Lipinski definition) is 6. The minimum atomic E-state index is -3.51. The summed E-state index contributed by atoms with van der Waals surface area (Å²) in [7, 11) is 1.86. The van der Waals surface area contributed by atoms with E-state index in [1.54, 1.807) is 53.4 Å². The molecule has 1 saturated heterocycles. The van der Waals surface area contributed by atoms with Gasteiger partial charge in [-0.05, 0) is 56.3 Å². The molecule has 0 N–H and O–H groups in total. The van der Waals surface area contributed by atoms with E-state index in [1.807, 2.05) is 18.2 Å². The number of rotatable bonds is 7. The van der Waals surface area contributed by atoms with E-state index >= 15 is 0 Å². The van der Waals surface area contributed by atoms with Crippen molar-refractivity contribution in [1.29, 1.82) is 0 Å². The van der Waals surface area contributed by atoms with Gasteiger partial charge in [-0.15, -0.1) is 0 Å². The fraction of sp³-hybridized carbons (Fsp3) is 0.417. The summed E-state index contributed by atoms with van der Waals surface area (Å²) in [6.45, 7) is 1.71. The average molecular weight is 471 g/mol. The van der Waals surface area contributed by atoms with Crippen LogP contribution in [0.2, 0.25) is 0 Å². The van der Waals surface area contributed by atoms with E-state index in [4.69, 9.17) is 4.74 Å². The number of methoxy groups -OCH3 is 1. The zero-order chi connectivity index (χ0) is 23.6. The van der Waals surface area contributed by atoms with Gasteiger partial charge in [0, 0.05) is 39.1 Å². The summed E-state index contributed by atoms with van der Waals surface area (Å²) in [6, 6.07) is 14.2. The molecule has 1 aliphatic heterocycles. The van der Waals surface area contributed by atoms with Crippen molar-refractivity contribution in [3.8, 4) is 5.75 Å². The number of piperidine rings is 1. The highest BCUT2D eigenvalue weighted by molar-refractivity contribution is 7.89. The van der Waals surface area contributed by atoms with E-state index < -0.39 is 10.0 Å². The van der Waals surface area contributed by atoms with Crippen LogP contribution in [0.1, 0.15) is 18.7 Å². The molecule has 33 heavy (non-hydrogen) atoms. The Morgan fingerprint density at radius 3 is 2.42 bits per heavy atom. The second-order valence-electron chi connectivity index (χ2n) is 8.45. The lowest BCUT2D eigenvalue weighted by Crippen LogP contribution is -2.46. The van der Waals surface area contributed by atoms with Crippen molar-refractivity contribution < 1.29 is 13.2 Å². The number of benzene rings is 2. The monoisotopic (exact) mass is 470 g/mol. The van der Waals surface area contributed by atoms with Crippen molar-refractivity contribution in [3.05, 3.63) is 64.7 Å². The van der Waals surface area contributed by atoms with Crippen molar-refractivity contribution in [2.75, 3.05) is 33.8 Å². The number of aromatic nitrogens is 2. The third kappa shape index (κ3) is 4.80. The lowest BCUT2D eigenvalue weighted by molar-refractivity contribution is 0.169. The van der Waals surface area contributed by atoms with Crippen molar-refractivity contribution in [2.24, 2.45) is 7.05 Å². The molecule has 0 amide bonds. The molecule has 3 aromatic rings. The molecule has 0 radical (unpaired) electrons. The first kappa shape index (κ1) is 23.4. The summed E-state index contributed by atoms with van der Waals surface area (Å²) in [5.74, 6) is 1.39. The molecule has 0 atom stereocenters. The number of nitrogens with zero attached hydrogens (tertiary/aromatic N) is 4. The first-order chi connectivity index (χ1) is 15.8. The molecule has 0 spiro atoms. The van der Waals surface area contributed by atoms with Gasteiger partial charge in [0.2, 0.25) is 10.0 Å². The summed E-state index contributed by atoms with van der Waals surface area (Å²) in [5.41, 5.74) is 0.686. The Bertz CT molecular complexity index is 1280. The van der Waals surface area contributed by atoms with Crippen molar-refractivity contribution in [3.63, 3.8) is 0 Å². The Labute approximate surface area is 194 Å². The maximum atomic E-state index is 13.0. The van der Waals surface area contributed by atoms with Gasteiger partial charge in [-0.2, -0.15) is 4.31 Å². The largest absolute Gasteiger partial charge is 0.497 e. The molecule has 1 fully saturated rings. The molecule has 2 aromatic carbocycles. The zero-order valence-corrected chi connectivity index (χ0v) is 20.1. The van der Waals surface area contributed by atoms with Crippen LogP contribution in [0.4, 0.5) is 0 Å². The zero-order valence-electron chi connectivity index (χ0n) is 19.3. The Kier molecular flexibility index (Phi) is 6.83. The van der Waals surface area contributed by atoms with Crippen LogP contribution in [-0.4, -0.2) is 67.0 Å². The smallest absolute Gasteiger partial charge is 0.261 e. The van der Waals surface area contributed by atoms with E-state index in [1.165, 1.54) is 0 Å². The lowest BCUT2D eigenvalue weighted by atomic mass is 10.1. The standard InChI is InChI=1S/C24H30N4O4S/c1-26(15-14-23-25-22-7-5-4-6-21(22)24(29)27(23)2)18-12-16-28(17-13-18)33(30,31)20-10-8-19(32-3)9-11-20/h4-11,18H,12-17H2,1-3H3. The van der Waals surface area contributed by atoms with Crippen LogP contribution < -0.4 is 10.3 Å². The molecule has 0 bridgehead atoms. The maximum Gasteiger partial charge on any atom is 0.261 e. The van der Waals surface area contributed by atoms with Crippen LogP contribution in [0.3, 0.4) is 0 Å². The highest BCUT2D eigenvalue weighted by Gasteiger charge is 2.30. The second kappa shape index (κ2) is 9.62. The molecule has 1 aromatic heterocycles. The van der Waals surface area contributed by atoms with E-state index in [0.717, 1.165) is 30.7 Å². The van der Waals surface area contributed by atoms with Gasteiger partial charge in [-0.3, -0.25) is 9.36 Å². The first-order valence-corrected chi connectivity index (χ1v) is 12.5. The SMILES string of the molecule is COc1ccc(S(=O)(=O)N2CCC(N(C)CCc3nc4ccccc4c(=O)n3C)CC2)cc1. The van der Waals surface area contributed by atoms with Crippen LogP contribution in [0.5, 0.6) is 5.75 Å². The number of fused-ring (bicyclic) bond motifs is 1. The molecule has 8 nitrogen and oxygen atoms in total. The van der Waals surface area contributed by atoms with Crippen LogP contribution in [0.25, 0.3) is 10.9 Å². The molecule has 4 rings (SSSR count). The van der Waals surface area contributed by atoms with Crippen LogP contribution >= 0.6 is 0 Å². The van der Waals surface area contributed by atoms with Gasteiger partial charge in [0.05, 0.1) is 22.9 Å². The van der Waals surface area contributed by atoms with Crippen LogP contribution in [0.15, 0.2) is 58.2 Å². The number of likely N-dealkylation sites (N-methyl/N-ethyl adjacent to an activating group) is 1. The van der Waals surface area contributed by atoms with Crippen LogP contribution in [-0.2, 0) is 23.5 Å². The normalized spacial score (nSPS) is 15.9. The fourth-order valence-electron chi connectivity index (χ4n) is 4.37. The summed E-state index contributed by atoms with van der Waals surface area (Å²) in [4.78, 5) is 19.8. The lowest BCUT2D eigenvalue weighted by Gasteiger charge is -2.36. The Balaban J connectivity index is 1.37. The maximum absolute atomic E-state index is 13.0. The van der Waals surface area contributed by atoms with Gasteiger partial charge in [0.25, 0.3) is 5.56 Å². The van der Waals surface area contributed by atoms with Crippen molar-refractivity contribution >= 4 is 20.9 Å². The molecule has 0 saturated carbocycles. The summed E-state index contributed by atoms with van der Waals surface area (Å²) < 4.78 is 34.3. The number of hydrogen-bond donors (Lipinski definition) is 0. The van der Waals surface area contributed by atoms with E-state index in [0.29, 0.717) is 35.5 Å². The minimum absolute atomic E-state index is 0.0321. The minimum Gasteiger partial charge on any atom is -0.497 e. The molecule has 2 heterocycles. The average Bonchev–Trinajstić information content (AvgIpc) is 2.85. The van der Waals surface area contributed by atoms with Gasteiger partial charge < -0.3 is 9.64 Å². The molecule has 176 valence electrons. The summed E-state index contributed by atoms with van der Waals surface area (Å²) in [6.07, 6.45) is 2.17. The third-order valence-corrected chi connectivity index (χ3v) is 8.42. The van der Waals surface area contributed by atoms with Crippen molar-refractivity contribution in [1.82, 2.24) is 18.8 Å². The Morgan fingerprint density at radius 1 is 1.09 bits per heavy atom. The predicted octanol–water partition coefficient (Wildman–Crippen LogP) is 2.27. The van der Waals surface area contributed by atoms with E-state index in [9.17, 15) is 13.2 Å². The Morgan fingerprint density at radius 2 is 1.76 bits per heavy atom. The van der Waals surface area contributed by atoms with Gasteiger partial charge in [-0.25, -0.2) is 13.4 Å². The molecular weight excluding hydrogens is 440 g/mol. The van der Waals surface area contributed by atoms with Gasteiger partial charge in [-0.1, -0.05) is 12.1 Å². The number of sulfonamides is 1. The summed E-state index contributed by atoms with van der Waals surface area (Å²) >= 11 is 0. The molecule has 0 aliphatic carbocycles. The van der Waals surface area contributed by atoms with E-state index in [-0.39, 0.29) is 11.6 Å². The second-order valence-corrected chi connectivity index (χ2v) is 10.4. The highest BCUT2D eigenvalue weighted by atomic mass is 32.2. The molecule has 1 aliphatic rings. The topological polar surface area (TPSA) is 84.7 Å². The number of para-hydroxylation sites is 1. The molecule has 9 heteroatoms. The summed E-state index contributed by atoms with van der Waals surface area (Å²) in [5, 5.41) is 0.627.